The van der Waals surface area contributed by atoms with E-state index in [4.69, 9.17) is 0 Å². The van der Waals surface area contributed by atoms with E-state index in [1.807, 2.05) is 12.1 Å². The second kappa shape index (κ2) is 10.6. The van der Waals surface area contributed by atoms with Crippen LogP contribution in [0.1, 0.15) is 26.7 Å². The smallest absolute Gasteiger partial charge is 0.321 e. The maximum absolute atomic E-state index is 12.9. The summed E-state index contributed by atoms with van der Waals surface area (Å²) < 4.78 is 12.9. The number of likely N-dealkylation sites (tertiary alicyclic amines) is 1. The molecule has 1 aromatic heterocycles. The predicted molar refractivity (Wildman–Crippen MR) is 120 cm³/mol. The van der Waals surface area contributed by atoms with E-state index in [0.717, 1.165) is 18.9 Å². The van der Waals surface area contributed by atoms with Gasteiger partial charge < -0.3 is 25.8 Å². The summed E-state index contributed by atoms with van der Waals surface area (Å²) in [4.78, 5) is 32.9. The standard InChI is InChI=1S/C22H29FN6O2/c1-3-28(4-2)20-10-9-19(15-24-20)27-22(31)29-13-11-18(12-14-29)26-21(30)25-17-7-5-16(23)6-8-17/h5-10,15,18H,3-4,11-14H2,1-2H3,(H,27,31)(H2,25,26,30). The molecule has 1 aliphatic rings. The van der Waals surface area contributed by atoms with Crippen LogP contribution in [-0.4, -0.2) is 54.2 Å². The monoisotopic (exact) mass is 428 g/mol. The average molecular weight is 429 g/mol. The van der Waals surface area contributed by atoms with E-state index < -0.39 is 0 Å². The van der Waals surface area contributed by atoms with Crippen molar-refractivity contribution in [3.05, 3.63) is 48.4 Å². The Morgan fingerprint density at radius 1 is 1.03 bits per heavy atom. The van der Waals surface area contributed by atoms with Crippen LogP contribution >= 0.6 is 0 Å². The predicted octanol–water partition coefficient (Wildman–Crippen LogP) is 3.88. The van der Waals surface area contributed by atoms with Crippen molar-refractivity contribution >= 4 is 29.3 Å². The van der Waals surface area contributed by atoms with Gasteiger partial charge in [0.15, 0.2) is 0 Å². The molecule has 0 radical (unpaired) electrons. The molecule has 1 aromatic carbocycles. The van der Waals surface area contributed by atoms with Crippen LogP contribution in [0.25, 0.3) is 0 Å². The molecular weight excluding hydrogens is 399 g/mol. The molecule has 0 aliphatic carbocycles. The average Bonchev–Trinajstić information content (AvgIpc) is 2.78. The summed E-state index contributed by atoms with van der Waals surface area (Å²) in [6.45, 7) is 6.98. The molecule has 166 valence electrons. The summed E-state index contributed by atoms with van der Waals surface area (Å²) in [7, 11) is 0. The molecule has 8 nitrogen and oxygen atoms in total. The minimum Gasteiger partial charge on any atom is -0.357 e. The fourth-order valence-corrected chi connectivity index (χ4v) is 3.51. The van der Waals surface area contributed by atoms with E-state index in [2.05, 4.69) is 39.7 Å². The van der Waals surface area contributed by atoms with Gasteiger partial charge in [-0.3, -0.25) is 0 Å². The highest BCUT2D eigenvalue weighted by atomic mass is 19.1. The van der Waals surface area contributed by atoms with Crippen LogP contribution in [0.5, 0.6) is 0 Å². The largest absolute Gasteiger partial charge is 0.357 e. The molecule has 0 unspecified atom stereocenters. The Balaban J connectivity index is 1.43. The van der Waals surface area contributed by atoms with Crippen LogP contribution in [0.4, 0.5) is 31.2 Å². The highest BCUT2D eigenvalue weighted by Gasteiger charge is 2.24. The number of nitrogens with one attached hydrogen (secondary N) is 3. The Kier molecular flexibility index (Phi) is 7.64. The van der Waals surface area contributed by atoms with Crippen LogP contribution in [-0.2, 0) is 0 Å². The Morgan fingerprint density at radius 3 is 2.26 bits per heavy atom. The molecule has 4 amide bonds. The molecular formula is C22H29FN6O2. The topological polar surface area (TPSA) is 89.6 Å². The van der Waals surface area contributed by atoms with Gasteiger partial charge in [-0.15, -0.1) is 0 Å². The Hall–Kier alpha value is -3.36. The van der Waals surface area contributed by atoms with Crippen molar-refractivity contribution in [2.75, 3.05) is 41.7 Å². The SMILES string of the molecule is CCN(CC)c1ccc(NC(=O)N2CCC(NC(=O)Nc3ccc(F)cc3)CC2)cn1. The van der Waals surface area contributed by atoms with E-state index >= 15 is 0 Å². The van der Waals surface area contributed by atoms with E-state index in [0.29, 0.717) is 37.3 Å². The van der Waals surface area contributed by atoms with Crippen molar-refractivity contribution in [2.45, 2.75) is 32.7 Å². The molecule has 2 heterocycles. The number of anilines is 3. The van der Waals surface area contributed by atoms with Crippen molar-refractivity contribution in [1.29, 1.82) is 0 Å². The molecule has 1 aliphatic heterocycles. The first kappa shape index (κ1) is 22.3. The van der Waals surface area contributed by atoms with Gasteiger partial charge in [-0.2, -0.15) is 0 Å². The number of hydrogen-bond acceptors (Lipinski definition) is 4. The van der Waals surface area contributed by atoms with Crippen LogP contribution in [0.2, 0.25) is 0 Å². The number of piperidine rings is 1. The first-order valence-corrected chi connectivity index (χ1v) is 10.6. The highest BCUT2D eigenvalue weighted by Crippen LogP contribution is 2.16. The van der Waals surface area contributed by atoms with Gasteiger partial charge in [-0.1, -0.05) is 0 Å². The summed E-state index contributed by atoms with van der Waals surface area (Å²) in [5.74, 6) is 0.529. The molecule has 3 N–H and O–H groups in total. The third kappa shape index (κ3) is 6.31. The number of urea groups is 2. The molecule has 1 saturated heterocycles. The number of benzene rings is 1. The zero-order valence-corrected chi connectivity index (χ0v) is 17.9. The van der Waals surface area contributed by atoms with Crippen LogP contribution in [0.15, 0.2) is 42.6 Å². The number of aromatic nitrogens is 1. The number of hydrogen-bond donors (Lipinski definition) is 3. The van der Waals surface area contributed by atoms with E-state index in [1.54, 1.807) is 11.1 Å². The Bertz CT molecular complexity index is 863. The van der Waals surface area contributed by atoms with Gasteiger partial charge in [0.2, 0.25) is 0 Å². The molecule has 1 fully saturated rings. The molecule has 31 heavy (non-hydrogen) atoms. The fourth-order valence-electron chi connectivity index (χ4n) is 3.51. The molecule has 2 aromatic rings. The van der Waals surface area contributed by atoms with Gasteiger partial charge >= 0.3 is 12.1 Å². The Labute approximate surface area is 181 Å². The lowest BCUT2D eigenvalue weighted by molar-refractivity contribution is 0.189. The lowest BCUT2D eigenvalue weighted by Gasteiger charge is -2.32. The van der Waals surface area contributed by atoms with E-state index in [9.17, 15) is 14.0 Å². The maximum atomic E-state index is 12.9. The second-order valence-electron chi connectivity index (χ2n) is 7.37. The summed E-state index contributed by atoms with van der Waals surface area (Å²) in [5, 5.41) is 8.47. The molecule has 3 rings (SSSR count). The van der Waals surface area contributed by atoms with Crippen molar-refractivity contribution in [2.24, 2.45) is 0 Å². The fraction of sp³-hybridized carbons (Fsp3) is 0.409. The third-order valence-electron chi connectivity index (χ3n) is 5.31. The van der Waals surface area contributed by atoms with Crippen LogP contribution in [0.3, 0.4) is 0 Å². The first-order chi connectivity index (χ1) is 15.0. The third-order valence-corrected chi connectivity index (χ3v) is 5.31. The molecule has 0 saturated carbocycles. The number of nitrogens with zero attached hydrogens (tertiary/aromatic N) is 3. The summed E-state index contributed by atoms with van der Waals surface area (Å²) >= 11 is 0. The van der Waals surface area contributed by atoms with Gasteiger partial charge in [0.1, 0.15) is 11.6 Å². The van der Waals surface area contributed by atoms with Crippen molar-refractivity contribution in [3.8, 4) is 0 Å². The number of carbonyl (C=O) groups excluding carboxylic acids is 2. The van der Waals surface area contributed by atoms with Crippen molar-refractivity contribution < 1.29 is 14.0 Å². The summed E-state index contributed by atoms with van der Waals surface area (Å²) in [6.07, 6.45) is 2.98. The number of carbonyl (C=O) groups is 2. The minimum absolute atomic E-state index is 0.0282. The van der Waals surface area contributed by atoms with Gasteiger partial charge in [-0.05, 0) is 63.1 Å². The number of pyridine rings is 1. The van der Waals surface area contributed by atoms with Gasteiger partial charge in [0.05, 0.1) is 11.9 Å². The van der Waals surface area contributed by atoms with E-state index in [1.165, 1.54) is 24.3 Å². The number of rotatable bonds is 6. The van der Waals surface area contributed by atoms with Gasteiger partial charge in [0, 0.05) is 37.9 Å². The van der Waals surface area contributed by atoms with Gasteiger partial charge in [-0.25, -0.2) is 19.0 Å². The zero-order valence-electron chi connectivity index (χ0n) is 17.9. The van der Waals surface area contributed by atoms with Crippen LogP contribution < -0.4 is 20.9 Å². The normalized spacial score (nSPS) is 14.1. The number of amides is 4. The molecule has 0 atom stereocenters. The summed E-state index contributed by atoms with van der Waals surface area (Å²) in [5.41, 5.74) is 1.18. The second-order valence-corrected chi connectivity index (χ2v) is 7.37. The van der Waals surface area contributed by atoms with Crippen LogP contribution in [0, 0.1) is 5.82 Å². The lowest BCUT2D eigenvalue weighted by atomic mass is 10.1. The zero-order chi connectivity index (χ0) is 22.2. The highest BCUT2D eigenvalue weighted by molar-refractivity contribution is 5.90. The first-order valence-electron chi connectivity index (χ1n) is 10.6. The lowest BCUT2D eigenvalue weighted by Crippen LogP contribution is -2.48. The molecule has 9 heteroatoms. The van der Waals surface area contributed by atoms with Crippen molar-refractivity contribution in [3.63, 3.8) is 0 Å². The number of halogens is 1. The molecule has 0 spiro atoms. The molecule has 0 bridgehead atoms. The van der Waals surface area contributed by atoms with Crippen molar-refractivity contribution in [1.82, 2.24) is 15.2 Å². The quantitative estimate of drug-likeness (QED) is 0.651. The maximum Gasteiger partial charge on any atom is 0.321 e. The summed E-state index contributed by atoms with van der Waals surface area (Å²) in [6, 6.07) is 8.81. The van der Waals surface area contributed by atoms with Gasteiger partial charge in [0.25, 0.3) is 0 Å². The minimum atomic E-state index is -0.354. The Morgan fingerprint density at radius 2 is 1.68 bits per heavy atom. The van der Waals surface area contributed by atoms with E-state index in [-0.39, 0.29) is 23.9 Å².